The van der Waals surface area contributed by atoms with E-state index in [0.29, 0.717) is 12.4 Å². The zero-order valence-electron chi connectivity index (χ0n) is 9.20. The number of hydrogen-bond acceptors (Lipinski definition) is 3. The van der Waals surface area contributed by atoms with Crippen molar-refractivity contribution in [2.24, 2.45) is 0 Å². The molecule has 16 heavy (non-hydrogen) atoms. The van der Waals surface area contributed by atoms with Gasteiger partial charge in [0.1, 0.15) is 5.82 Å². The average molecular weight is 241 g/mol. The van der Waals surface area contributed by atoms with Crippen LogP contribution in [0.25, 0.3) is 0 Å². The van der Waals surface area contributed by atoms with E-state index in [4.69, 9.17) is 16.7 Å². The van der Waals surface area contributed by atoms with Crippen LogP contribution in [0.4, 0.5) is 5.82 Å². The van der Waals surface area contributed by atoms with E-state index in [2.05, 4.69) is 11.6 Å². The van der Waals surface area contributed by atoms with Gasteiger partial charge in [0.25, 0.3) is 0 Å². The topological polar surface area (TPSA) is 53.4 Å². The Morgan fingerprint density at radius 2 is 2.25 bits per heavy atom. The molecular weight excluding hydrogens is 228 g/mol. The average Bonchev–Trinajstić information content (AvgIpc) is 2.16. The highest BCUT2D eigenvalue weighted by atomic mass is 35.5. The molecule has 0 aliphatic heterocycles. The number of aromatic nitrogens is 1. The Kier molecular flexibility index (Phi) is 3.90. The van der Waals surface area contributed by atoms with Crippen molar-refractivity contribution in [3.63, 3.8) is 0 Å². The minimum absolute atomic E-state index is 0.132. The summed E-state index contributed by atoms with van der Waals surface area (Å²) < 4.78 is 0. The van der Waals surface area contributed by atoms with Crippen molar-refractivity contribution >= 4 is 23.4 Å². The van der Waals surface area contributed by atoms with Gasteiger partial charge in [-0.3, -0.25) is 0 Å². The number of hydrogen-bond donors (Lipinski definition) is 1. The largest absolute Gasteiger partial charge is 0.476 e. The molecule has 0 bridgehead atoms. The zero-order valence-corrected chi connectivity index (χ0v) is 9.95. The molecule has 1 aromatic rings. The van der Waals surface area contributed by atoms with Crippen LogP contribution in [0.1, 0.15) is 17.4 Å². The zero-order chi connectivity index (χ0) is 12.3. The van der Waals surface area contributed by atoms with Gasteiger partial charge < -0.3 is 10.0 Å². The first-order valence-corrected chi connectivity index (χ1v) is 5.05. The molecule has 5 heteroatoms. The molecule has 0 spiro atoms. The maximum absolute atomic E-state index is 10.8. The van der Waals surface area contributed by atoms with Crippen molar-refractivity contribution in [3.05, 3.63) is 35.0 Å². The minimum atomic E-state index is -1.13. The molecule has 86 valence electrons. The van der Waals surface area contributed by atoms with E-state index >= 15 is 0 Å². The molecule has 0 saturated carbocycles. The number of carboxylic acid groups (broad SMARTS) is 1. The van der Waals surface area contributed by atoms with Crippen molar-refractivity contribution < 1.29 is 9.90 Å². The third-order valence-electron chi connectivity index (χ3n) is 1.93. The summed E-state index contributed by atoms with van der Waals surface area (Å²) >= 11 is 5.72. The lowest BCUT2D eigenvalue weighted by Gasteiger charge is -2.18. The molecule has 0 fully saturated rings. The number of carbonyl (C=O) groups is 1. The molecule has 0 saturated heterocycles. The fourth-order valence-corrected chi connectivity index (χ4v) is 1.47. The highest BCUT2D eigenvalue weighted by Gasteiger charge is 2.13. The number of halogens is 1. The van der Waals surface area contributed by atoms with Crippen LogP contribution in [-0.2, 0) is 0 Å². The molecule has 0 aromatic carbocycles. The van der Waals surface area contributed by atoms with Crippen molar-refractivity contribution in [2.45, 2.75) is 6.92 Å². The molecular formula is C11H13ClN2O2. The first-order valence-electron chi connectivity index (χ1n) is 4.67. The monoisotopic (exact) mass is 240 g/mol. The molecule has 0 amide bonds. The molecule has 0 aliphatic carbocycles. The number of carboxylic acids is 1. The Labute approximate surface area is 99.2 Å². The van der Waals surface area contributed by atoms with Gasteiger partial charge in [0, 0.05) is 13.6 Å². The standard InChI is InChI=1S/C11H13ClN2O2/c1-7(2)6-14(3)9-5-4-8(12)10(13-9)11(15)16/h4-5H,1,6H2,2-3H3,(H,15,16). The van der Waals surface area contributed by atoms with Gasteiger partial charge in [0.05, 0.1) is 5.02 Å². The molecule has 1 rings (SSSR count). The van der Waals surface area contributed by atoms with Crippen LogP contribution < -0.4 is 4.90 Å². The van der Waals surface area contributed by atoms with Crippen LogP contribution in [0.15, 0.2) is 24.3 Å². The molecule has 0 aliphatic rings. The van der Waals surface area contributed by atoms with Gasteiger partial charge in [-0.2, -0.15) is 0 Å². The van der Waals surface area contributed by atoms with Crippen LogP contribution in [0.3, 0.4) is 0 Å². The minimum Gasteiger partial charge on any atom is -0.476 e. The molecule has 1 aromatic heterocycles. The van der Waals surface area contributed by atoms with Gasteiger partial charge in [-0.1, -0.05) is 23.8 Å². The first-order chi connectivity index (χ1) is 7.41. The van der Waals surface area contributed by atoms with Crippen molar-refractivity contribution in [2.75, 3.05) is 18.5 Å². The number of pyridine rings is 1. The highest BCUT2D eigenvalue weighted by molar-refractivity contribution is 6.33. The molecule has 4 nitrogen and oxygen atoms in total. The van der Waals surface area contributed by atoms with Crippen molar-refractivity contribution in [1.82, 2.24) is 4.98 Å². The van der Waals surface area contributed by atoms with E-state index in [1.165, 1.54) is 6.07 Å². The SMILES string of the molecule is C=C(C)CN(C)c1ccc(Cl)c(C(=O)O)n1. The maximum atomic E-state index is 10.8. The van der Waals surface area contributed by atoms with Gasteiger partial charge in [-0.15, -0.1) is 0 Å². The lowest BCUT2D eigenvalue weighted by atomic mass is 10.3. The summed E-state index contributed by atoms with van der Waals surface area (Å²) in [4.78, 5) is 16.6. The number of nitrogens with zero attached hydrogens (tertiary/aromatic N) is 2. The second-order valence-electron chi connectivity index (χ2n) is 3.62. The molecule has 1 heterocycles. The summed E-state index contributed by atoms with van der Waals surface area (Å²) in [5.74, 6) is -0.569. The first kappa shape index (κ1) is 12.5. The predicted octanol–water partition coefficient (Wildman–Crippen LogP) is 2.45. The summed E-state index contributed by atoms with van der Waals surface area (Å²) in [5.41, 5.74) is 0.837. The van der Waals surface area contributed by atoms with E-state index in [0.717, 1.165) is 5.57 Å². The van der Waals surface area contributed by atoms with Gasteiger partial charge in [-0.05, 0) is 19.1 Å². The van der Waals surface area contributed by atoms with E-state index < -0.39 is 5.97 Å². The van der Waals surface area contributed by atoms with Crippen LogP contribution in [0.5, 0.6) is 0 Å². The third-order valence-corrected chi connectivity index (χ3v) is 2.24. The Bertz CT molecular complexity index is 432. The summed E-state index contributed by atoms with van der Waals surface area (Å²) in [6, 6.07) is 3.21. The van der Waals surface area contributed by atoms with Crippen molar-refractivity contribution in [1.29, 1.82) is 0 Å². The van der Waals surface area contributed by atoms with Gasteiger partial charge in [-0.25, -0.2) is 9.78 Å². The molecule has 0 radical (unpaired) electrons. The normalized spacial score (nSPS) is 9.94. The van der Waals surface area contributed by atoms with Gasteiger partial charge >= 0.3 is 5.97 Å². The number of rotatable bonds is 4. The second-order valence-corrected chi connectivity index (χ2v) is 4.03. The van der Waals surface area contributed by atoms with Crippen molar-refractivity contribution in [3.8, 4) is 0 Å². The smallest absolute Gasteiger partial charge is 0.356 e. The maximum Gasteiger partial charge on any atom is 0.356 e. The highest BCUT2D eigenvalue weighted by Crippen LogP contribution is 2.19. The Morgan fingerprint density at radius 3 is 2.75 bits per heavy atom. The quantitative estimate of drug-likeness (QED) is 0.822. The fourth-order valence-electron chi connectivity index (χ4n) is 1.28. The molecule has 0 atom stereocenters. The van der Waals surface area contributed by atoms with Crippen LogP contribution in [-0.4, -0.2) is 29.7 Å². The predicted molar refractivity (Wildman–Crippen MR) is 64.3 cm³/mol. The van der Waals surface area contributed by atoms with Crippen LogP contribution >= 0.6 is 11.6 Å². The third kappa shape index (κ3) is 2.97. The second kappa shape index (κ2) is 4.99. The number of anilines is 1. The lowest BCUT2D eigenvalue weighted by molar-refractivity contribution is 0.0691. The summed E-state index contributed by atoms with van der Waals surface area (Å²) in [5, 5.41) is 9.01. The Hall–Kier alpha value is -1.55. The Balaban J connectivity index is 3.02. The number of aromatic carboxylic acids is 1. The lowest BCUT2D eigenvalue weighted by Crippen LogP contribution is -2.21. The van der Waals surface area contributed by atoms with E-state index in [9.17, 15) is 4.79 Å². The Morgan fingerprint density at radius 1 is 1.62 bits per heavy atom. The summed E-state index contributed by atoms with van der Waals surface area (Å²) in [6.07, 6.45) is 0. The fraction of sp³-hybridized carbons (Fsp3) is 0.273. The summed E-state index contributed by atoms with van der Waals surface area (Å²) in [6.45, 7) is 6.30. The molecule has 1 N–H and O–H groups in total. The molecule has 0 unspecified atom stereocenters. The number of likely N-dealkylation sites (N-methyl/N-ethyl adjacent to an activating group) is 1. The van der Waals surface area contributed by atoms with Gasteiger partial charge in [0.15, 0.2) is 5.69 Å². The van der Waals surface area contributed by atoms with E-state index in [1.807, 2.05) is 18.9 Å². The summed E-state index contributed by atoms with van der Waals surface area (Å²) in [7, 11) is 1.82. The van der Waals surface area contributed by atoms with Crippen LogP contribution in [0, 0.1) is 0 Å². The van der Waals surface area contributed by atoms with E-state index in [1.54, 1.807) is 6.07 Å². The van der Waals surface area contributed by atoms with E-state index in [-0.39, 0.29) is 10.7 Å². The van der Waals surface area contributed by atoms with Crippen LogP contribution in [0.2, 0.25) is 5.02 Å². The van der Waals surface area contributed by atoms with Gasteiger partial charge in [0.2, 0.25) is 0 Å².